The van der Waals surface area contributed by atoms with E-state index in [4.69, 9.17) is 5.73 Å². The number of aromatic nitrogens is 2. The number of carbonyl (C=O) groups excluding carboxylic acids is 1. The average Bonchev–Trinajstić information content (AvgIpc) is 3.38. The van der Waals surface area contributed by atoms with Crippen LogP contribution in [0.25, 0.3) is 10.9 Å². The molecule has 8 heteroatoms. The number of rotatable bonds is 8. The minimum absolute atomic E-state index is 0.225. The van der Waals surface area contributed by atoms with Crippen molar-refractivity contribution < 1.29 is 15.0 Å². The molecule has 4 aromatic carbocycles. The lowest BCUT2D eigenvalue weighted by atomic mass is 9.90. The molecular weight excluding hydrogens is 538 g/mol. The predicted molar refractivity (Wildman–Crippen MR) is 168 cm³/mol. The van der Waals surface area contributed by atoms with Crippen LogP contribution in [0.1, 0.15) is 27.8 Å². The number of urea groups is 1. The zero-order valence-electron chi connectivity index (χ0n) is 24.2. The van der Waals surface area contributed by atoms with Gasteiger partial charge in [0.2, 0.25) is 0 Å². The van der Waals surface area contributed by atoms with Crippen LogP contribution in [0.4, 0.5) is 10.6 Å². The van der Waals surface area contributed by atoms with Crippen molar-refractivity contribution in [1.82, 2.24) is 20.0 Å². The Labute approximate surface area is 251 Å². The number of hydrogen-bond acceptors (Lipinski definition) is 5. The van der Waals surface area contributed by atoms with E-state index in [1.54, 1.807) is 9.80 Å². The number of nitrogens with zero attached hydrogens (tertiary/aromatic N) is 3. The van der Waals surface area contributed by atoms with E-state index < -0.39 is 24.3 Å². The Balaban J connectivity index is 1.44. The van der Waals surface area contributed by atoms with Gasteiger partial charge in [-0.1, -0.05) is 96.6 Å². The van der Waals surface area contributed by atoms with Crippen molar-refractivity contribution in [1.29, 1.82) is 0 Å². The molecule has 4 atom stereocenters. The Hall–Kier alpha value is -4.66. The summed E-state index contributed by atoms with van der Waals surface area (Å²) in [6, 6.07) is 31.9. The number of carbonyl (C=O) groups is 1. The number of aryl methyl sites for hydroxylation is 1. The van der Waals surface area contributed by atoms with Crippen LogP contribution in [-0.2, 0) is 25.9 Å². The van der Waals surface area contributed by atoms with E-state index in [9.17, 15) is 15.0 Å². The molecule has 0 radical (unpaired) electrons. The number of nitrogen functional groups attached to an aromatic ring is 1. The highest BCUT2D eigenvalue weighted by atomic mass is 16.3. The Morgan fingerprint density at radius 1 is 0.721 bits per heavy atom. The number of hydrogen-bond donors (Lipinski definition) is 4. The highest BCUT2D eigenvalue weighted by Gasteiger charge is 2.46. The number of aliphatic hydroxyl groups excluding tert-OH is 2. The van der Waals surface area contributed by atoms with Gasteiger partial charge < -0.3 is 25.7 Å². The normalized spacial score (nSPS) is 20.9. The molecule has 0 saturated carbocycles. The van der Waals surface area contributed by atoms with Crippen LogP contribution in [0.2, 0.25) is 0 Å². The molecule has 6 rings (SSSR count). The molecule has 5 aromatic rings. The number of nitrogens with one attached hydrogen (secondary N) is 1. The Morgan fingerprint density at radius 2 is 1.30 bits per heavy atom. The molecule has 2 heterocycles. The molecule has 2 amide bonds. The van der Waals surface area contributed by atoms with Crippen LogP contribution in [0.15, 0.2) is 103 Å². The summed E-state index contributed by atoms with van der Waals surface area (Å²) in [7, 11) is 0. The van der Waals surface area contributed by atoms with Gasteiger partial charge in [0.1, 0.15) is 12.2 Å². The zero-order chi connectivity index (χ0) is 29.9. The minimum atomic E-state index is -1.19. The molecule has 1 saturated heterocycles. The van der Waals surface area contributed by atoms with Crippen molar-refractivity contribution in [3.63, 3.8) is 0 Å². The second-order valence-corrected chi connectivity index (χ2v) is 11.5. The van der Waals surface area contributed by atoms with Gasteiger partial charge in [-0.25, -0.2) is 4.79 Å². The number of anilines is 1. The summed E-state index contributed by atoms with van der Waals surface area (Å²) in [5.74, 6) is 0.388. The lowest BCUT2D eigenvalue weighted by Crippen LogP contribution is -2.50. The SMILES string of the molecule is Cc1cccc(C[C@@H]2[C@H](O)[C@@H](O)[C@@H](Cc3ccccc3)N(Cc3ccc4[nH]nc(N)c4c3)C(=O)N2Cc2ccccc2)c1. The van der Waals surface area contributed by atoms with E-state index in [1.165, 1.54) is 0 Å². The number of fused-ring (bicyclic) bond motifs is 1. The van der Waals surface area contributed by atoms with Crippen LogP contribution in [0.5, 0.6) is 0 Å². The fourth-order valence-electron chi connectivity index (χ4n) is 6.20. The van der Waals surface area contributed by atoms with Gasteiger partial charge in [0.15, 0.2) is 5.82 Å². The third-order valence-corrected chi connectivity index (χ3v) is 8.45. The highest BCUT2D eigenvalue weighted by Crippen LogP contribution is 2.31. The summed E-state index contributed by atoms with van der Waals surface area (Å²) >= 11 is 0. The van der Waals surface area contributed by atoms with Crippen LogP contribution in [0, 0.1) is 6.92 Å². The summed E-state index contributed by atoms with van der Waals surface area (Å²) in [6.45, 7) is 2.54. The minimum Gasteiger partial charge on any atom is -0.388 e. The molecule has 1 aliphatic rings. The second kappa shape index (κ2) is 12.3. The monoisotopic (exact) mass is 575 g/mol. The Kier molecular flexibility index (Phi) is 8.13. The van der Waals surface area contributed by atoms with Gasteiger partial charge >= 0.3 is 6.03 Å². The maximum absolute atomic E-state index is 14.8. The lowest BCUT2D eigenvalue weighted by Gasteiger charge is -2.36. The smallest absolute Gasteiger partial charge is 0.321 e. The van der Waals surface area contributed by atoms with Crippen molar-refractivity contribution in [3.05, 3.63) is 131 Å². The molecule has 43 heavy (non-hydrogen) atoms. The standard InChI is InChI=1S/C35H37N5O3/c1-23-9-8-14-26(17-23)20-31-33(42)32(41)30(19-24-10-4-2-5-11-24)40(35(43)39(31)21-25-12-6-3-7-13-25)22-27-15-16-29-28(18-27)34(36)38-37-29/h2-18,30-33,41-42H,19-22H2,1H3,(H3,36,37,38)/t30-,31-,32+,33+/m1/s1. The molecule has 1 fully saturated rings. The van der Waals surface area contributed by atoms with Crippen molar-refractivity contribution in [2.24, 2.45) is 0 Å². The fraction of sp³-hybridized carbons (Fsp3) is 0.257. The lowest BCUT2D eigenvalue weighted by molar-refractivity contribution is -0.0408. The fourth-order valence-corrected chi connectivity index (χ4v) is 6.20. The second-order valence-electron chi connectivity index (χ2n) is 11.5. The van der Waals surface area contributed by atoms with Crippen molar-refractivity contribution in [2.45, 2.75) is 57.1 Å². The van der Waals surface area contributed by atoms with E-state index in [0.29, 0.717) is 25.2 Å². The molecule has 0 unspecified atom stereocenters. The van der Waals surface area contributed by atoms with E-state index in [-0.39, 0.29) is 12.6 Å². The largest absolute Gasteiger partial charge is 0.388 e. The van der Waals surface area contributed by atoms with Crippen LogP contribution in [0.3, 0.4) is 0 Å². The molecular formula is C35H37N5O3. The topological polar surface area (TPSA) is 119 Å². The Morgan fingerprint density at radius 3 is 1.95 bits per heavy atom. The van der Waals surface area contributed by atoms with E-state index >= 15 is 0 Å². The van der Waals surface area contributed by atoms with Crippen LogP contribution >= 0.6 is 0 Å². The maximum atomic E-state index is 14.8. The van der Waals surface area contributed by atoms with Gasteiger partial charge in [-0.15, -0.1) is 0 Å². The molecule has 0 aliphatic carbocycles. The summed E-state index contributed by atoms with van der Waals surface area (Å²) in [6.07, 6.45) is -1.58. The third-order valence-electron chi connectivity index (χ3n) is 8.45. The first-order valence-corrected chi connectivity index (χ1v) is 14.7. The van der Waals surface area contributed by atoms with E-state index in [1.807, 2.05) is 104 Å². The summed E-state index contributed by atoms with van der Waals surface area (Å²) in [5.41, 5.74) is 11.8. The van der Waals surface area contributed by atoms with Crippen LogP contribution < -0.4 is 5.73 Å². The molecule has 8 nitrogen and oxygen atoms in total. The predicted octanol–water partition coefficient (Wildman–Crippen LogP) is 4.84. The van der Waals surface area contributed by atoms with E-state index in [0.717, 1.165) is 38.7 Å². The van der Waals surface area contributed by atoms with Gasteiger partial charge in [-0.2, -0.15) is 5.10 Å². The maximum Gasteiger partial charge on any atom is 0.321 e. The van der Waals surface area contributed by atoms with Gasteiger partial charge in [0.05, 0.1) is 17.6 Å². The van der Waals surface area contributed by atoms with Gasteiger partial charge in [-0.05, 0) is 54.2 Å². The first kappa shape index (κ1) is 28.5. The Bertz CT molecular complexity index is 1690. The van der Waals surface area contributed by atoms with Gasteiger partial charge in [-0.3, -0.25) is 5.10 Å². The zero-order valence-corrected chi connectivity index (χ0v) is 24.2. The number of aliphatic hydroxyl groups is 2. The number of aromatic amines is 1. The molecule has 1 aliphatic heterocycles. The number of H-pyrrole nitrogens is 1. The first-order valence-electron chi connectivity index (χ1n) is 14.7. The number of amides is 2. The molecule has 220 valence electrons. The van der Waals surface area contributed by atoms with Crippen LogP contribution in [-0.4, -0.2) is 60.5 Å². The van der Waals surface area contributed by atoms with Crippen molar-refractivity contribution >= 4 is 22.8 Å². The summed E-state index contributed by atoms with van der Waals surface area (Å²) < 4.78 is 0. The molecule has 1 aromatic heterocycles. The number of nitrogens with two attached hydrogens (primary N) is 1. The van der Waals surface area contributed by atoms with Gasteiger partial charge in [0, 0.05) is 18.5 Å². The molecule has 0 bridgehead atoms. The quantitative estimate of drug-likeness (QED) is 0.211. The van der Waals surface area contributed by atoms with E-state index in [2.05, 4.69) is 16.3 Å². The number of benzene rings is 4. The van der Waals surface area contributed by atoms with Crippen molar-refractivity contribution in [2.75, 3.05) is 5.73 Å². The molecule has 0 spiro atoms. The van der Waals surface area contributed by atoms with Crippen molar-refractivity contribution in [3.8, 4) is 0 Å². The average molecular weight is 576 g/mol. The highest BCUT2D eigenvalue weighted by molar-refractivity contribution is 5.89. The third kappa shape index (κ3) is 6.11. The molecule has 5 N–H and O–H groups in total. The summed E-state index contributed by atoms with van der Waals surface area (Å²) in [4.78, 5) is 18.2. The first-order chi connectivity index (χ1) is 20.9. The summed E-state index contributed by atoms with van der Waals surface area (Å²) in [5, 5.41) is 31.6. The van der Waals surface area contributed by atoms with Gasteiger partial charge in [0.25, 0.3) is 0 Å².